The average molecular weight is 552 g/mol. The van der Waals surface area contributed by atoms with Crippen LogP contribution in [0.25, 0.3) is 10.2 Å². The zero-order valence-corrected chi connectivity index (χ0v) is 22.1. The van der Waals surface area contributed by atoms with E-state index >= 15 is 0 Å². The number of thiazole rings is 1. The van der Waals surface area contributed by atoms with Crippen LogP contribution in [-0.4, -0.2) is 51.7 Å². The maximum absolute atomic E-state index is 12.9. The molecule has 3 rings (SSSR count). The van der Waals surface area contributed by atoms with Crippen LogP contribution in [0.1, 0.15) is 38.3 Å². The molecule has 0 aliphatic heterocycles. The Labute approximate surface area is 211 Å². The molecule has 1 aromatic heterocycles. The van der Waals surface area contributed by atoms with E-state index in [1.165, 1.54) is 0 Å². The third kappa shape index (κ3) is 7.50. The number of ether oxygens (including phenoxy) is 2. The number of aromatic amines is 1. The van der Waals surface area contributed by atoms with Gasteiger partial charge in [0.15, 0.2) is 0 Å². The van der Waals surface area contributed by atoms with E-state index in [1.54, 1.807) is 17.0 Å². The third-order valence-electron chi connectivity index (χ3n) is 5.06. The van der Waals surface area contributed by atoms with Crippen molar-refractivity contribution in [2.24, 2.45) is 0 Å². The van der Waals surface area contributed by atoms with Crippen molar-refractivity contribution in [1.82, 2.24) is 9.88 Å². The number of phenols is 1. The van der Waals surface area contributed by atoms with Crippen LogP contribution in [0.3, 0.4) is 0 Å². The summed E-state index contributed by atoms with van der Waals surface area (Å²) in [5.41, 5.74) is 1.80. The molecular weight excluding hydrogens is 520 g/mol. The van der Waals surface area contributed by atoms with Gasteiger partial charge >= 0.3 is 11.0 Å². The molecule has 2 N–H and O–H groups in total. The highest BCUT2D eigenvalue weighted by Crippen LogP contribution is 2.28. The van der Waals surface area contributed by atoms with Crippen LogP contribution in [0.2, 0.25) is 0 Å². The number of halogens is 1. The maximum Gasteiger partial charge on any atom is 0.410 e. The van der Waals surface area contributed by atoms with E-state index in [4.69, 9.17) is 9.47 Å². The predicted octanol–water partition coefficient (Wildman–Crippen LogP) is 5.48. The average Bonchev–Trinajstić information content (AvgIpc) is 3.17. The minimum absolute atomic E-state index is 0.0410. The number of aromatic nitrogens is 1. The van der Waals surface area contributed by atoms with Gasteiger partial charge in [-0.3, -0.25) is 4.79 Å². The molecule has 0 radical (unpaired) electrons. The van der Waals surface area contributed by atoms with Gasteiger partial charge in [0.1, 0.15) is 22.6 Å². The van der Waals surface area contributed by atoms with Crippen molar-refractivity contribution in [3.05, 3.63) is 57.2 Å². The molecule has 7 nitrogen and oxygen atoms in total. The Hall–Kier alpha value is -2.52. The molecule has 1 amide bonds. The minimum atomic E-state index is -0.607. The summed E-state index contributed by atoms with van der Waals surface area (Å²) in [6, 6.07) is 11.3. The maximum atomic E-state index is 12.9. The lowest BCUT2D eigenvalue weighted by Gasteiger charge is -2.27. The lowest BCUT2D eigenvalue weighted by molar-refractivity contribution is 0.0254. The van der Waals surface area contributed by atoms with Crippen molar-refractivity contribution < 1.29 is 19.4 Å². The number of nitrogens with zero attached hydrogens (tertiary/aromatic N) is 1. The molecule has 0 bridgehead atoms. The molecule has 1 heterocycles. The normalized spacial score (nSPS) is 11.5. The Bertz CT molecular complexity index is 1170. The van der Waals surface area contributed by atoms with Gasteiger partial charge in [0.25, 0.3) is 0 Å². The van der Waals surface area contributed by atoms with Crippen molar-refractivity contribution in [2.45, 2.75) is 45.6 Å². The number of aromatic hydroxyl groups is 1. The molecule has 0 aliphatic carbocycles. The number of hydrogen-bond donors (Lipinski definition) is 2. The first-order valence-corrected chi connectivity index (χ1v) is 13.2. The Balaban J connectivity index is 1.72. The van der Waals surface area contributed by atoms with Gasteiger partial charge in [-0.25, -0.2) is 4.79 Å². The number of hydrogen-bond acceptors (Lipinski definition) is 6. The SMILES string of the molecule is CC(C)(C)OC(=O)N(CCc1cccc(OCCCBr)c1)CCc1ccc(O)c2[nH]c(=O)sc12. The second-order valence-corrected chi connectivity index (χ2v) is 10.7. The number of phenolic OH excluding ortho intramolecular Hbond substituents is 1. The predicted molar refractivity (Wildman–Crippen MR) is 140 cm³/mol. The van der Waals surface area contributed by atoms with Crippen molar-refractivity contribution in [3.63, 3.8) is 0 Å². The van der Waals surface area contributed by atoms with Gasteiger partial charge in [-0.1, -0.05) is 45.5 Å². The summed E-state index contributed by atoms with van der Waals surface area (Å²) in [6.07, 6.45) is 1.72. The number of carbonyl (C=O) groups excluding carboxylic acids is 1. The Kier molecular flexibility index (Phi) is 9.02. The molecule has 2 aromatic carbocycles. The first-order chi connectivity index (χ1) is 16.2. The number of nitrogens with one attached hydrogen (secondary N) is 1. The lowest BCUT2D eigenvalue weighted by atomic mass is 10.1. The zero-order valence-electron chi connectivity index (χ0n) is 19.7. The second-order valence-electron chi connectivity index (χ2n) is 8.97. The van der Waals surface area contributed by atoms with Crippen LogP contribution in [-0.2, 0) is 17.6 Å². The molecule has 0 saturated carbocycles. The minimum Gasteiger partial charge on any atom is -0.506 e. The van der Waals surface area contributed by atoms with E-state index in [1.807, 2.05) is 45.0 Å². The fourth-order valence-electron chi connectivity index (χ4n) is 3.45. The molecule has 0 unspecified atom stereocenters. The van der Waals surface area contributed by atoms with Gasteiger partial charge in [-0.2, -0.15) is 0 Å². The highest BCUT2D eigenvalue weighted by molar-refractivity contribution is 9.09. The molecule has 3 aromatic rings. The Morgan fingerprint density at radius 2 is 1.94 bits per heavy atom. The zero-order chi connectivity index (χ0) is 24.7. The van der Waals surface area contributed by atoms with E-state index < -0.39 is 5.60 Å². The number of carbonyl (C=O) groups is 1. The van der Waals surface area contributed by atoms with E-state index in [2.05, 4.69) is 20.9 Å². The summed E-state index contributed by atoms with van der Waals surface area (Å²) >= 11 is 4.46. The van der Waals surface area contributed by atoms with E-state index in [-0.39, 0.29) is 16.7 Å². The van der Waals surface area contributed by atoms with Gasteiger partial charge in [0, 0.05) is 18.4 Å². The van der Waals surface area contributed by atoms with Crippen molar-refractivity contribution in [1.29, 1.82) is 0 Å². The topological polar surface area (TPSA) is 91.9 Å². The fourth-order valence-corrected chi connectivity index (χ4v) is 4.57. The van der Waals surface area contributed by atoms with E-state index in [0.29, 0.717) is 42.8 Å². The number of rotatable bonds is 10. The van der Waals surface area contributed by atoms with Crippen LogP contribution >= 0.6 is 27.3 Å². The Morgan fingerprint density at radius 3 is 2.68 bits per heavy atom. The van der Waals surface area contributed by atoms with Crippen molar-refractivity contribution in [3.8, 4) is 11.5 Å². The van der Waals surface area contributed by atoms with Crippen LogP contribution in [0.15, 0.2) is 41.2 Å². The molecule has 0 aliphatic rings. The fraction of sp³-hybridized carbons (Fsp3) is 0.440. The van der Waals surface area contributed by atoms with Crippen LogP contribution in [0.5, 0.6) is 11.5 Å². The summed E-state index contributed by atoms with van der Waals surface area (Å²) in [5, 5.41) is 10.9. The summed E-state index contributed by atoms with van der Waals surface area (Å²) in [7, 11) is 0. The second kappa shape index (κ2) is 11.8. The highest BCUT2D eigenvalue weighted by Gasteiger charge is 2.22. The molecular formula is C25H31BrN2O5S. The van der Waals surface area contributed by atoms with Crippen LogP contribution in [0.4, 0.5) is 4.79 Å². The molecule has 0 atom stereocenters. The van der Waals surface area contributed by atoms with Crippen molar-refractivity contribution >= 4 is 43.6 Å². The number of amides is 1. The molecule has 0 spiro atoms. The molecule has 9 heteroatoms. The molecule has 0 fully saturated rings. The van der Waals surface area contributed by atoms with E-state index in [0.717, 1.165) is 40.0 Å². The van der Waals surface area contributed by atoms with Crippen LogP contribution in [0, 0.1) is 0 Å². The first-order valence-electron chi connectivity index (χ1n) is 11.3. The van der Waals surface area contributed by atoms with Crippen LogP contribution < -0.4 is 9.61 Å². The quantitative estimate of drug-likeness (QED) is 0.257. The standard InChI is InChI=1S/C25H31BrN2O5S/c1-25(2,3)33-24(31)28(13-10-17-6-4-7-19(16-17)32-15-5-12-26)14-11-18-8-9-20(29)21-22(18)34-23(30)27-21/h4,6-9,16,29H,5,10-15H2,1-3H3,(H,27,30). The number of H-pyrrole nitrogens is 1. The van der Waals surface area contributed by atoms with Gasteiger partial charge in [0.2, 0.25) is 0 Å². The van der Waals surface area contributed by atoms with Gasteiger partial charge in [-0.05, 0) is 69.4 Å². The first kappa shape index (κ1) is 26.1. The van der Waals surface area contributed by atoms with Gasteiger partial charge in [-0.15, -0.1) is 0 Å². The summed E-state index contributed by atoms with van der Waals surface area (Å²) in [5.74, 6) is 0.857. The highest BCUT2D eigenvalue weighted by atomic mass is 79.9. The monoisotopic (exact) mass is 550 g/mol. The molecule has 34 heavy (non-hydrogen) atoms. The number of alkyl halides is 1. The number of fused-ring (bicyclic) bond motifs is 1. The van der Waals surface area contributed by atoms with E-state index in [9.17, 15) is 14.7 Å². The molecule has 0 saturated heterocycles. The Morgan fingerprint density at radius 1 is 1.18 bits per heavy atom. The largest absolute Gasteiger partial charge is 0.506 e. The van der Waals surface area contributed by atoms with Crippen molar-refractivity contribution in [2.75, 3.05) is 25.0 Å². The summed E-state index contributed by atoms with van der Waals surface area (Å²) < 4.78 is 12.1. The smallest absolute Gasteiger partial charge is 0.410 e. The van der Waals surface area contributed by atoms with Gasteiger partial charge < -0.3 is 24.5 Å². The number of benzene rings is 2. The lowest BCUT2D eigenvalue weighted by Crippen LogP contribution is -2.39. The molecule has 184 valence electrons. The summed E-state index contributed by atoms with van der Waals surface area (Å²) in [6.45, 7) is 7.07. The summed E-state index contributed by atoms with van der Waals surface area (Å²) in [4.78, 5) is 28.9. The van der Waals surface area contributed by atoms with Gasteiger partial charge in [0.05, 0.1) is 11.3 Å². The third-order valence-corrected chi connectivity index (χ3v) is 6.58.